The summed E-state index contributed by atoms with van der Waals surface area (Å²) in [5.74, 6) is 0.00442. The Bertz CT molecular complexity index is 325. The molecule has 1 rings (SSSR count). The summed E-state index contributed by atoms with van der Waals surface area (Å²) in [5, 5.41) is 9.10. The zero-order chi connectivity index (χ0) is 14.4. The van der Waals surface area contributed by atoms with E-state index in [1.165, 1.54) is 16.7 Å². The maximum absolute atomic E-state index is 12.2. The summed E-state index contributed by atoms with van der Waals surface area (Å²) in [7, 11) is 0. The van der Waals surface area contributed by atoms with Gasteiger partial charge in [-0.15, -0.1) is 11.8 Å². The fourth-order valence-electron chi connectivity index (χ4n) is 2.46. The van der Waals surface area contributed by atoms with E-state index in [2.05, 4.69) is 6.92 Å². The number of nitrogens with two attached hydrogens (primary N) is 1. The van der Waals surface area contributed by atoms with Crippen LogP contribution in [-0.2, 0) is 9.59 Å². The standard InChI is InChI=1S/C13H24N2O3S/c1-3-10(6-7-14)4-5-12(16)15-9(2)19-8-11(15)13(17)18/h9-11H,3-8,14H2,1-2H3,(H,17,18). The van der Waals surface area contributed by atoms with Gasteiger partial charge in [0.15, 0.2) is 0 Å². The van der Waals surface area contributed by atoms with E-state index in [1.54, 1.807) is 0 Å². The second-order valence-corrected chi connectivity index (χ2v) is 6.33. The molecule has 1 fully saturated rings. The van der Waals surface area contributed by atoms with Crippen molar-refractivity contribution in [2.75, 3.05) is 12.3 Å². The van der Waals surface area contributed by atoms with Crippen molar-refractivity contribution in [3.8, 4) is 0 Å². The number of hydrogen-bond donors (Lipinski definition) is 2. The van der Waals surface area contributed by atoms with Crippen LogP contribution in [0.2, 0.25) is 0 Å². The maximum atomic E-state index is 12.2. The highest BCUT2D eigenvalue weighted by Gasteiger charge is 2.39. The summed E-state index contributed by atoms with van der Waals surface area (Å²) in [6, 6.07) is -0.665. The number of carbonyl (C=O) groups is 2. The average molecular weight is 288 g/mol. The Hall–Kier alpha value is -0.750. The monoisotopic (exact) mass is 288 g/mol. The minimum Gasteiger partial charge on any atom is -0.480 e. The smallest absolute Gasteiger partial charge is 0.327 e. The first-order chi connectivity index (χ1) is 9.01. The third-order valence-corrected chi connectivity index (χ3v) is 4.93. The SMILES string of the molecule is CCC(CCN)CCC(=O)N1C(C)SCC1C(=O)O. The number of hydrogen-bond acceptors (Lipinski definition) is 4. The van der Waals surface area contributed by atoms with Crippen molar-refractivity contribution < 1.29 is 14.7 Å². The van der Waals surface area contributed by atoms with E-state index in [9.17, 15) is 9.59 Å². The zero-order valence-corrected chi connectivity index (χ0v) is 12.5. The Labute approximate surface area is 118 Å². The first-order valence-electron chi connectivity index (χ1n) is 6.86. The van der Waals surface area contributed by atoms with E-state index in [4.69, 9.17) is 10.8 Å². The summed E-state index contributed by atoms with van der Waals surface area (Å²) in [6.07, 6.45) is 3.16. The van der Waals surface area contributed by atoms with Gasteiger partial charge in [-0.2, -0.15) is 0 Å². The molecule has 0 aromatic carbocycles. The molecule has 3 N–H and O–H groups in total. The van der Waals surface area contributed by atoms with Gasteiger partial charge in [-0.3, -0.25) is 4.79 Å². The molecular weight excluding hydrogens is 264 g/mol. The van der Waals surface area contributed by atoms with Crippen LogP contribution in [0.25, 0.3) is 0 Å². The van der Waals surface area contributed by atoms with Gasteiger partial charge in [0.2, 0.25) is 5.91 Å². The van der Waals surface area contributed by atoms with Crippen LogP contribution in [0.5, 0.6) is 0 Å². The van der Waals surface area contributed by atoms with Crippen LogP contribution in [-0.4, -0.2) is 45.6 Å². The van der Waals surface area contributed by atoms with Crippen molar-refractivity contribution in [2.24, 2.45) is 11.7 Å². The Morgan fingerprint density at radius 3 is 2.68 bits per heavy atom. The average Bonchev–Trinajstić information content (AvgIpc) is 2.76. The van der Waals surface area contributed by atoms with Gasteiger partial charge in [0.05, 0.1) is 5.37 Å². The summed E-state index contributed by atoms with van der Waals surface area (Å²) >= 11 is 1.52. The van der Waals surface area contributed by atoms with Gasteiger partial charge in [-0.05, 0) is 32.2 Å². The van der Waals surface area contributed by atoms with E-state index in [0.717, 1.165) is 19.3 Å². The highest BCUT2D eigenvalue weighted by atomic mass is 32.2. The second-order valence-electron chi connectivity index (χ2n) is 4.98. The lowest BCUT2D eigenvalue weighted by atomic mass is 9.96. The number of carboxylic acids is 1. The summed E-state index contributed by atoms with van der Waals surface area (Å²) < 4.78 is 0. The molecule has 3 unspecified atom stereocenters. The van der Waals surface area contributed by atoms with Crippen LogP contribution < -0.4 is 5.73 Å². The molecule has 6 heteroatoms. The molecule has 1 aliphatic rings. The van der Waals surface area contributed by atoms with Crippen molar-refractivity contribution in [1.82, 2.24) is 4.90 Å². The van der Waals surface area contributed by atoms with Crippen LogP contribution in [0.3, 0.4) is 0 Å². The zero-order valence-electron chi connectivity index (χ0n) is 11.7. The van der Waals surface area contributed by atoms with Crippen molar-refractivity contribution in [1.29, 1.82) is 0 Å². The third kappa shape index (κ3) is 4.38. The Morgan fingerprint density at radius 1 is 1.47 bits per heavy atom. The minimum absolute atomic E-state index is 0.0387. The highest BCUT2D eigenvalue weighted by Crippen LogP contribution is 2.30. The number of carboxylic acid groups (broad SMARTS) is 1. The molecule has 0 saturated carbocycles. The lowest BCUT2D eigenvalue weighted by Gasteiger charge is -2.25. The lowest BCUT2D eigenvalue weighted by Crippen LogP contribution is -2.44. The van der Waals surface area contributed by atoms with Gasteiger partial charge in [-0.25, -0.2) is 4.79 Å². The van der Waals surface area contributed by atoms with Crippen LogP contribution >= 0.6 is 11.8 Å². The molecular formula is C13H24N2O3S. The molecule has 0 bridgehead atoms. The van der Waals surface area contributed by atoms with E-state index in [0.29, 0.717) is 24.6 Å². The summed E-state index contributed by atoms with van der Waals surface area (Å²) in [4.78, 5) is 24.9. The van der Waals surface area contributed by atoms with Crippen molar-refractivity contribution in [3.05, 3.63) is 0 Å². The Morgan fingerprint density at radius 2 is 2.16 bits per heavy atom. The number of nitrogens with zero attached hydrogens (tertiary/aromatic N) is 1. The molecule has 1 saturated heterocycles. The third-order valence-electron chi connectivity index (χ3n) is 3.71. The Kier molecular flexibility index (Phi) is 6.65. The van der Waals surface area contributed by atoms with Crippen LogP contribution in [0.4, 0.5) is 0 Å². The van der Waals surface area contributed by atoms with Gasteiger partial charge in [-0.1, -0.05) is 13.3 Å². The molecule has 110 valence electrons. The number of thioether (sulfide) groups is 1. The van der Waals surface area contributed by atoms with Crippen molar-refractivity contribution >= 4 is 23.6 Å². The van der Waals surface area contributed by atoms with Crippen LogP contribution in [0.15, 0.2) is 0 Å². The first-order valence-corrected chi connectivity index (χ1v) is 7.91. The molecule has 0 aromatic heterocycles. The van der Waals surface area contributed by atoms with Crippen molar-refractivity contribution in [2.45, 2.75) is 50.9 Å². The molecule has 3 atom stereocenters. The first kappa shape index (κ1) is 16.3. The molecule has 5 nitrogen and oxygen atoms in total. The largest absolute Gasteiger partial charge is 0.480 e. The second kappa shape index (κ2) is 7.75. The summed E-state index contributed by atoms with van der Waals surface area (Å²) in [6.45, 7) is 4.63. The fourth-order valence-corrected chi connectivity index (χ4v) is 3.65. The molecule has 1 heterocycles. The van der Waals surface area contributed by atoms with Gasteiger partial charge in [0.1, 0.15) is 6.04 Å². The molecule has 0 aromatic rings. The van der Waals surface area contributed by atoms with E-state index in [1.807, 2.05) is 6.92 Å². The topological polar surface area (TPSA) is 83.6 Å². The van der Waals surface area contributed by atoms with E-state index < -0.39 is 12.0 Å². The predicted octanol–water partition coefficient (Wildman–Crippen LogP) is 1.52. The van der Waals surface area contributed by atoms with Crippen LogP contribution in [0.1, 0.15) is 39.5 Å². The number of aliphatic carboxylic acids is 1. The highest BCUT2D eigenvalue weighted by molar-refractivity contribution is 8.00. The summed E-state index contributed by atoms with van der Waals surface area (Å²) in [5.41, 5.74) is 5.54. The molecule has 1 aliphatic heterocycles. The number of carbonyl (C=O) groups excluding carboxylic acids is 1. The van der Waals surface area contributed by atoms with Gasteiger partial charge in [0, 0.05) is 12.2 Å². The lowest BCUT2D eigenvalue weighted by molar-refractivity contribution is -0.149. The van der Waals surface area contributed by atoms with E-state index >= 15 is 0 Å². The molecule has 0 aliphatic carbocycles. The Balaban J connectivity index is 2.53. The maximum Gasteiger partial charge on any atom is 0.327 e. The van der Waals surface area contributed by atoms with Gasteiger partial charge >= 0.3 is 5.97 Å². The van der Waals surface area contributed by atoms with E-state index in [-0.39, 0.29) is 11.3 Å². The number of amides is 1. The molecule has 0 spiro atoms. The normalized spacial score (nSPS) is 24.5. The fraction of sp³-hybridized carbons (Fsp3) is 0.846. The predicted molar refractivity (Wildman–Crippen MR) is 76.9 cm³/mol. The minimum atomic E-state index is -0.904. The molecule has 0 radical (unpaired) electrons. The van der Waals surface area contributed by atoms with Crippen LogP contribution in [0, 0.1) is 5.92 Å². The molecule has 1 amide bonds. The quantitative estimate of drug-likeness (QED) is 0.742. The van der Waals surface area contributed by atoms with Gasteiger partial charge in [0.25, 0.3) is 0 Å². The molecule has 19 heavy (non-hydrogen) atoms. The number of rotatable bonds is 7. The van der Waals surface area contributed by atoms with Crippen molar-refractivity contribution in [3.63, 3.8) is 0 Å². The van der Waals surface area contributed by atoms with Gasteiger partial charge < -0.3 is 15.7 Å².